The first-order valence-electron chi connectivity index (χ1n) is 11.4. The van der Waals surface area contributed by atoms with Gasteiger partial charge in [-0.3, -0.25) is 9.69 Å². The van der Waals surface area contributed by atoms with Crippen molar-refractivity contribution in [2.24, 2.45) is 7.05 Å². The van der Waals surface area contributed by atoms with E-state index in [4.69, 9.17) is 4.74 Å². The summed E-state index contributed by atoms with van der Waals surface area (Å²) in [7, 11) is 2.01. The van der Waals surface area contributed by atoms with E-state index in [0.717, 1.165) is 36.1 Å². The van der Waals surface area contributed by atoms with Crippen LogP contribution in [0.3, 0.4) is 0 Å². The molecule has 32 heavy (non-hydrogen) atoms. The molecule has 2 aliphatic heterocycles. The lowest BCUT2D eigenvalue weighted by atomic mass is 9.79. The maximum atomic E-state index is 12.5. The normalized spacial score (nSPS) is 25.0. The van der Waals surface area contributed by atoms with E-state index in [1.807, 2.05) is 22.8 Å². The molecule has 2 atom stereocenters. The molecule has 1 saturated carbocycles. The number of amides is 1. The molecule has 0 radical (unpaired) electrons. The zero-order valence-electron chi connectivity index (χ0n) is 18.3. The summed E-state index contributed by atoms with van der Waals surface area (Å²) in [6, 6.07) is 15.0. The number of fused-ring (bicyclic) bond motifs is 1. The molecular weight excluding hydrogens is 404 g/mol. The smallest absolute Gasteiger partial charge is 0.254 e. The predicted molar refractivity (Wildman–Crippen MR) is 121 cm³/mol. The maximum absolute atomic E-state index is 12.5. The summed E-state index contributed by atoms with van der Waals surface area (Å²) in [5.41, 5.74) is 4.54. The van der Waals surface area contributed by atoms with Crippen molar-refractivity contribution in [3.8, 4) is 11.1 Å². The number of benzene rings is 2. The van der Waals surface area contributed by atoms with Gasteiger partial charge in [-0.2, -0.15) is 0 Å². The number of hydrogen-bond acceptors (Lipinski definition) is 5. The van der Waals surface area contributed by atoms with Gasteiger partial charge in [-0.1, -0.05) is 30.3 Å². The van der Waals surface area contributed by atoms with Gasteiger partial charge in [-0.15, -0.1) is 0 Å². The van der Waals surface area contributed by atoms with Gasteiger partial charge < -0.3 is 19.3 Å². The second-order valence-corrected chi connectivity index (χ2v) is 9.34. The monoisotopic (exact) mass is 432 g/mol. The van der Waals surface area contributed by atoms with Crippen LogP contribution >= 0.6 is 0 Å². The standard InChI is InChI=1S/C25H28N4O3/c1-27-16-26-20-15-19(7-8-21(20)27)17-3-5-18(6-4-17)22-23(32-22)28-11-13-29(14-12-28)24(30)25(31)9-2-10-25/h3-8,15-16,22-23,31H,2,9-14H2,1H3. The number of epoxide rings is 1. The van der Waals surface area contributed by atoms with Crippen LogP contribution in [0.2, 0.25) is 0 Å². The van der Waals surface area contributed by atoms with Crippen LogP contribution in [0.5, 0.6) is 0 Å². The second-order valence-electron chi connectivity index (χ2n) is 9.34. The van der Waals surface area contributed by atoms with E-state index < -0.39 is 5.60 Å². The molecule has 6 rings (SSSR count). The fraction of sp³-hybridized carbons (Fsp3) is 0.440. The predicted octanol–water partition coefficient (Wildman–Crippen LogP) is 2.70. The number of aromatic nitrogens is 2. The summed E-state index contributed by atoms with van der Waals surface area (Å²) in [6.45, 7) is 2.88. The summed E-state index contributed by atoms with van der Waals surface area (Å²) in [5.74, 6) is -0.0869. The number of imidazole rings is 1. The summed E-state index contributed by atoms with van der Waals surface area (Å²) in [5, 5.41) is 10.3. The van der Waals surface area contributed by atoms with E-state index in [1.54, 1.807) is 0 Å². The van der Waals surface area contributed by atoms with E-state index >= 15 is 0 Å². The summed E-state index contributed by atoms with van der Waals surface area (Å²) in [4.78, 5) is 21.1. The minimum absolute atomic E-state index is 0.0785. The van der Waals surface area contributed by atoms with Crippen molar-refractivity contribution in [3.63, 3.8) is 0 Å². The lowest BCUT2D eigenvalue weighted by Gasteiger charge is -2.42. The number of rotatable bonds is 4. The topological polar surface area (TPSA) is 74.1 Å². The Kier molecular flexibility index (Phi) is 4.61. The highest BCUT2D eigenvalue weighted by Crippen LogP contribution is 2.42. The van der Waals surface area contributed by atoms with Gasteiger partial charge in [0.25, 0.3) is 5.91 Å². The number of carbonyl (C=O) groups excluding carboxylic acids is 1. The number of piperazine rings is 1. The highest BCUT2D eigenvalue weighted by Gasteiger charge is 2.48. The third kappa shape index (κ3) is 3.32. The minimum Gasteiger partial charge on any atom is -0.380 e. The van der Waals surface area contributed by atoms with Crippen LogP contribution in [0.1, 0.15) is 30.9 Å². The molecule has 1 aliphatic carbocycles. The van der Waals surface area contributed by atoms with Crippen molar-refractivity contribution in [1.82, 2.24) is 19.4 Å². The Hall–Kier alpha value is -2.74. The molecule has 7 heteroatoms. The maximum Gasteiger partial charge on any atom is 0.254 e. The second kappa shape index (κ2) is 7.40. The third-order valence-electron chi connectivity index (χ3n) is 7.31. The van der Waals surface area contributed by atoms with Crippen molar-refractivity contribution in [1.29, 1.82) is 0 Å². The number of aliphatic hydroxyl groups is 1. The molecule has 7 nitrogen and oxygen atoms in total. The van der Waals surface area contributed by atoms with Crippen molar-refractivity contribution in [2.45, 2.75) is 37.2 Å². The van der Waals surface area contributed by atoms with Gasteiger partial charge in [0.05, 0.1) is 17.4 Å². The van der Waals surface area contributed by atoms with Crippen LogP contribution < -0.4 is 0 Å². The fourth-order valence-electron chi connectivity index (χ4n) is 5.01. The van der Waals surface area contributed by atoms with Crippen molar-refractivity contribution in [3.05, 3.63) is 54.4 Å². The lowest BCUT2D eigenvalue weighted by molar-refractivity contribution is -0.162. The molecule has 0 spiro atoms. The Morgan fingerprint density at radius 1 is 1.06 bits per heavy atom. The Morgan fingerprint density at radius 3 is 2.47 bits per heavy atom. The van der Waals surface area contributed by atoms with Gasteiger partial charge in [0.15, 0.2) is 0 Å². The van der Waals surface area contributed by atoms with Crippen LogP contribution in [0.25, 0.3) is 22.2 Å². The number of carbonyl (C=O) groups is 1. The van der Waals surface area contributed by atoms with E-state index in [0.29, 0.717) is 25.9 Å². The molecule has 3 fully saturated rings. The molecule has 0 bridgehead atoms. The third-order valence-corrected chi connectivity index (χ3v) is 7.31. The van der Waals surface area contributed by atoms with E-state index in [1.165, 1.54) is 11.1 Å². The Labute approximate surface area is 187 Å². The van der Waals surface area contributed by atoms with Crippen LogP contribution in [-0.4, -0.2) is 68.4 Å². The molecular formula is C25H28N4O3. The van der Waals surface area contributed by atoms with Gasteiger partial charge in [0, 0.05) is 33.2 Å². The van der Waals surface area contributed by atoms with Gasteiger partial charge in [-0.25, -0.2) is 4.98 Å². The number of aryl methyl sites for hydroxylation is 1. The first kappa shape index (κ1) is 19.9. The average Bonchev–Trinajstić information content (AvgIpc) is 3.53. The Balaban J connectivity index is 1.08. The largest absolute Gasteiger partial charge is 0.380 e. The summed E-state index contributed by atoms with van der Waals surface area (Å²) in [6.07, 6.45) is 4.15. The first-order valence-corrected chi connectivity index (χ1v) is 11.4. The quantitative estimate of drug-likeness (QED) is 0.642. The lowest BCUT2D eigenvalue weighted by Crippen LogP contribution is -2.58. The van der Waals surface area contributed by atoms with E-state index in [2.05, 4.69) is 52.3 Å². The highest BCUT2D eigenvalue weighted by atomic mass is 16.6. The molecule has 1 aromatic heterocycles. The molecule has 166 valence electrons. The molecule has 1 N–H and O–H groups in total. The number of hydrogen-bond donors (Lipinski definition) is 1. The minimum atomic E-state index is -1.09. The zero-order valence-corrected chi connectivity index (χ0v) is 18.3. The molecule has 2 aromatic carbocycles. The summed E-state index contributed by atoms with van der Waals surface area (Å²) < 4.78 is 8.03. The Bertz CT molecular complexity index is 1160. The molecule has 3 heterocycles. The molecule has 3 aromatic rings. The van der Waals surface area contributed by atoms with Crippen molar-refractivity contribution in [2.75, 3.05) is 26.2 Å². The molecule has 2 unspecified atom stereocenters. The summed E-state index contributed by atoms with van der Waals surface area (Å²) >= 11 is 0. The number of ether oxygens (including phenoxy) is 1. The van der Waals surface area contributed by atoms with Gasteiger partial charge in [-0.05, 0) is 48.1 Å². The zero-order chi connectivity index (χ0) is 21.9. The highest BCUT2D eigenvalue weighted by molar-refractivity contribution is 5.86. The van der Waals surface area contributed by atoms with Crippen LogP contribution in [0, 0.1) is 0 Å². The van der Waals surface area contributed by atoms with Gasteiger partial charge >= 0.3 is 0 Å². The number of nitrogens with zero attached hydrogens (tertiary/aromatic N) is 4. The van der Waals surface area contributed by atoms with Gasteiger partial charge in [0.1, 0.15) is 17.9 Å². The average molecular weight is 433 g/mol. The van der Waals surface area contributed by atoms with Crippen LogP contribution in [0.15, 0.2) is 48.8 Å². The fourth-order valence-corrected chi connectivity index (χ4v) is 5.01. The van der Waals surface area contributed by atoms with Gasteiger partial charge in [0.2, 0.25) is 0 Å². The van der Waals surface area contributed by atoms with E-state index in [-0.39, 0.29) is 18.2 Å². The van der Waals surface area contributed by atoms with E-state index in [9.17, 15) is 9.90 Å². The van der Waals surface area contributed by atoms with Crippen LogP contribution in [-0.2, 0) is 16.6 Å². The van der Waals surface area contributed by atoms with Crippen molar-refractivity contribution >= 4 is 16.9 Å². The van der Waals surface area contributed by atoms with Crippen molar-refractivity contribution < 1.29 is 14.6 Å². The molecule has 2 saturated heterocycles. The molecule has 3 aliphatic rings. The Morgan fingerprint density at radius 2 is 1.78 bits per heavy atom. The first-order chi connectivity index (χ1) is 15.5. The SMILES string of the molecule is Cn1cnc2cc(-c3ccc(C4OC4N4CCN(C(=O)C5(O)CCC5)CC4)cc3)ccc21. The van der Waals surface area contributed by atoms with Crippen LogP contribution in [0.4, 0.5) is 0 Å². The molecule has 1 amide bonds.